The van der Waals surface area contributed by atoms with E-state index >= 15 is 0 Å². The molecule has 1 aromatic heterocycles. The predicted molar refractivity (Wildman–Crippen MR) is 129 cm³/mol. The number of halogens is 1. The van der Waals surface area contributed by atoms with Crippen molar-refractivity contribution in [1.29, 1.82) is 0 Å². The maximum Gasteiger partial charge on any atom is 0.253 e. The average molecular weight is 465 g/mol. The third kappa shape index (κ3) is 4.90. The van der Waals surface area contributed by atoms with E-state index in [0.717, 1.165) is 16.8 Å². The first-order valence-electron chi connectivity index (χ1n) is 10.6. The second-order valence-electron chi connectivity index (χ2n) is 8.31. The van der Waals surface area contributed by atoms with Crippen molar-refractivity contribution >= 4 is 46.6 Å². The maximum absolute atomic E-state index is 12.2. The third-order valence-corrected chi connectivity index (χ3v) is 5.78. The number of benzene rings is 2. The van der Waals surface area contributed by atoms with E-state index in [9.17, 15) is 9.59 Å². The van der Waals surface area contributed by atoms with Crippen LogP contribution in [0, 0.1) is 0 Å². The highest BCUT2D eigenvalue weighted by molar-refractivity contribution is 6.33. The third-order valence-electron chi connectivity index (χ3n) is 5.50. The molecule has 0 saturated heterocycles. The van der Waals surface area contributed by atoms with Gasteiger partial charge in [0.1, 0.15) is 5.02 Å². The molecule has 0 spiro atoms. The van der Waals surface area contributed by atoms with Gasteiger partial charge < -0.3 is 21.3 Å². The Morgan fingerprint density at radius 2 is 1.91 bits per heavy atom. The molecule has 0 unspecified atom stereocenters. The van der Waals surface area contributed by atoms with Crippen LogP contribution in [0.25, 0.3) is 0 Å². The summed E-state index contributed by atoms with van der Waals surface area (Å²) in [5, 5.41) is 12.3. The molecular weight excluding hydrogens is 440 g/mol. The van der Waals surface area contributed by atoms with E-state index in [-0.39, 0.29) is 11.8 Å². The number of nitrogens with zero attached hydrogens (tertiary/aromatic N) is 2. The van der Waals surface area contributed by atoms with Gasteiger partial charge in [-0.05, 0) is 55.7 Å². The zero-order valence-electron chi connectivity index (χ0n) is 18.6. The highest BCUT2D eigenvalue weighted by Gasteiger charge is 2.28. The molecule has 9 heteroatoms. The van der Waals surface area contributed by atoms with Gasteiger partial charge in [-0.2, -0.15) is 4.98 Å². The van der Waals surface area contributed by atoms with Crippen LogP contribution in [0.2, 0.25) is 5.02 Å². The normalized spacial score (nSPS) is 14.5. The number of amides is 2. The zero-order chi connectivity index (χ0) is 23.6. The average Bonchev–Trinajstić information content (AvgIpc) is 2.90. The van der Waals surface area contributed by atoms with Gasteiger partial charge in [-0.1, -0.05) is 29.8 Å². The molecule has 0 fully saturated rings. The quantitative estimate of drug-likeness (QED) is 0.449. The topological polar surface area (TPSA) is 108 Å². The minimum Gasteiger partial charge on any atom is -0.355 e. The molecule has 0 saturated carbocycles. The lowest BCUT2D eigenvalue weighted by Gasteiger charge is -2.27. The Balaban J connectivity index is 1.60. The van der Waals surface area contributed by atoms with Gasteiger partial charge >= 0.3 is 0 Å². The number of anilines is 4. The predicted octanol–water partition coefficient (Wildman–Crippen LogP) is 4.27. The van der Waals surface area contributed by atoms with Crippen LogP contribution < -0.4 is 21.3 Å². The number of rotatable bonds is 5. The molecule has 0 bridgehead atoms. The van der Waals surface area contributed by atoms with Crippen molar-refractivity contribution in [3.05, 3.63) is 70.4 Å². The lowest BCUT2D eigenvalue weighted by atomic mass is 9.89. The fourth-order valence-corrected chi connectivity index (χ4v) is 4.05. The summed E-state index contributed by atoms with van der Waals surface area (Å²) in [7, 11) is 1.58. The smallest absolute Gasteiger partial charge is 0.253 e. The number of carbonyl (C=O) groups excluding carboxylic acids is 2. The van der Waals surface area contributed by atoms with E-state index in [4.69, 9.17) is 11.6 Å². The van der Waals surface area contributed by atoms with Crippen LogP contribution in [0.5, 0.6) is 0 Å². The molecule has 4 N–H and O–H groups in total. The van der Waals surface area contributed by atoms with E-state index in [1.807, 2.05) is 38.1 Å². The van der Waals surface area contributed by atoms with Crippen molar-refractivity contribution in [2.75, 3.05) is 17.7 Å². The first-order valence-corrected chi connectivity index (χ1v) is 11.0. The van der Waals surface area contributed by atoms with Gasteiger partial charge in [0.2, 0.25) is 11.9 Å². The van der Waals surface area contributed by atoms with E-state index in [0.29, 0.717) is 40.9 Å². The summed E-state index contributed by atoms with van der Waals surface area (Å²) in [6.45, 7) is 4.00. The Morgan fingerprint density at radius 1 is 1.12 bits per heavy atom. The summed E-state index contributed by atoms with van der Waals surface area (Å²) in [5.74, 6) is 0.541. The van der Waals surface area contributed by atoms with E-state index in [2.05, 4.69) is 31.2 Å². The summed E-state index contributed by atoms with van der Waals surface area (Å²) in [6, 6.07) is 13.1. The molecule has 4 rings (SSSR count). The Kier molecular flexibility index (Phi) is 6.20. The number of hydrogen-bond acceptors (Lipinski definition) is 6. The van der Waals surface area contributed by atoms with Crippen molar-refractivity contribution in [3.63, 3.8) is 0 Å². The van der Waals surface area contributed by atoms with Gasteiger partial charge in [0, 0.05) is 19.2 Å². The van der Waals surface area contributed by atoms with Gasteiger partial charge in [-0.3, -0.25) is 9.59 Å². The number of fused-ring (bicyclic) bond motifs is 1. The monoisotopic (exact) mass is 464 g/mol. The van der Waals surface area contributed by atoms with Crippen LogP contribution in [0.3, 0.4) is 0 Å². The molecule has 0 radical (unpaired) electrons. The Labute approximate surface area is 197 Å². The molecule has 2 aromatic carbocycles. The summed E-state index contributed by atoms with van der Waals surface area (Å²) in [5.41, 5.74) is 3.60. The number of hydrogen-bond donors (Lipinski definition) is 4. The summed E-state index contributed by atoms with van der Waals surface area (Å²) in [6.07, 6.45) is 2.59. The molecule has 8 nitrogen and oxygen atoms in total. The van der Waals surface area contributed by atoms with E-state index in [1.165, 1.54) is 6.20 Å². The van der Waals surface area contributed by atoms with Gasteiger partial charge in [0.15, 0.2) is 5.82 Å². The Hall–Kier alpha value is -3.65. The number of aromatic nitrogens is 2. The molecule has 0 atom stereocenters. The Bertz CT molecular complexity index is 1230. The van der Waals surface area contributed by atoms with Crippen molar-refractivity contribution in [3.8, 4) is 0 Å². The van der Waals surface area contributed by atoms with Crippen LogP contribution in [-0.2, 0) is 16.8 Å². The highest BCUT2D eigenvalue weighted by Crippen LogP contribution is 2.31. The van der Waals surface area contributed by atoms with Crippen LogP contribution >= 0.6 is 11.6 Å². The standard InChI is InChI=1S/C24H25ClN6O2/c1-24(2)17-10-9-15(12-14(17)8-11-20(32)31-24)28-23-27-13-18(25)21(30-23)29-19-7-5-4-6-16(19)22(33)26-3/h4-7,9-10,12-13H,8,11H2,1-3H3,(H,26,33)(H,31,32)(H2,27,28,29,30). The summed E-state index contributed by atoms with van der Waals surface area (Å²) < 4.78 is 0. The summed E-state index contributed by atoms with van der Waals surface area (Å²) in [4.78, 5) is 33.0. The Morgan fingerprint density at radius 3 is 2.70 bits per heavy atom. The minimum absolute atomic E-state index is 0.0412. The van der Waals surface area contributed by atoms with Crippen molar-refractivity contribution in [1.82, 2.24) is 20.6 Å². The van der Waals surface area contributed by atoms with Crippen molar-refractivity contribution < 1.29 is 9.59 Å². The molecular formula is C24H25ClN6O2. The van der Waals surface area contributed by atoms with E-state index in [1.54, 1.807) is 25.2 Å². The molecule has 3 aromatic rings. The van der Waals surface area contributed by atoms with Crippen molar-refractivity contribution in [2.45, 2.75) is 32.2 Å². The summed E-state index contributed by atoms with van der Waals surface area (Å²) >= 11 is 6.32. The maximum atomic E-state index is 12.2. The molecule has 1 aliphatic heterocycles. The number of para-hydroxylation sites is 1. The van der Waals surface area contributed by atoms with Gasteiger partial charge in [-0.15, -0.1) is 0 Å². The molecule has 2 heterocycles. The van der Waals surface area contributed by atoms with Gasteiger partial charge in [0.05, 0.1) is 23.0 Å². The van der Waals surface area contributed by atoms with Crippen LogP contribution in [-0.4, -0.2) is 28.8 Å². The minimum atomic E-state index is -0.437. The number of aryl methyl sites for hydroxylation is 1. The highest BCUT2D eigenvalue weighted by atomic mass is 35.5. The number of carbonyl (C=O) groups is 2. The number of nitrogens with one attached hydrogen (secondary N) is 4. The molecule has 0 aliphatic carbocycles. The fraction of sp³-hybridized carbons (Fsp3) is 0.250. The van der Waals surface area contributed by atoms with Gasteiger partial charge in [0.25, 0.3) is 5.91 Å². The van der Waals surface area contributed by atoms with Gasteiger partial charge in [-0.25, -0.2) is 4.98 Å². The molecule has 1 aliphatic rings. The molecule has 33 heavy (non-hydrogen) atoms. The first kappa shape index (κ1) is 22.5. The fourth-order valence-electron chi connectivity index (χ4n) is 3.91. The van der Waals surface area contributed by atoms with Crippen molar-refractivity contribution in [2.24, 2.45) is 0 Å². The van der Waals surface area contributed by atoms with E-state index < -0.39 is 5.54 Å². The molecule has 2 amide bonds. The molecule has 170 valence electrons. The first-order chi connectivity index (χ1) is 15.8. The second kappa shape index (κ2) is 9.07. The zero-order valence-corrected chi connectivity index (χ0v) is 19.4. The largest absolute Gasteiger partial charge is 0.355 e. The van der Waals surface area contributed by atoms with Crippen LogP contribution in [0.1, 0.15) is 41.8 Å². The van der Waals surface area contributed by atoms with Crippen LogP contribution in [0.15, 0.2) is 48.7 Å². The SMILES string of the molecule is CNC(=O)c1ccccc1Nc1nc(Nc2ccc3c(c2)CCC(=O)NC3(C)C)ncc1Cl. The lowest BCUT2D eigenvalue weighted by Crippen LogP contribution is -2.39. The lowest BCUT2D eigenvalue weighted by molar-refractivity contribution is -0.122. The van der Waals surface area contributed by atoms with Crippen LogP contribution in [0.4, 0.5) is 23.1 Å². The second-order valence-corrected chi connectivity index (χ2v) is 8.72.